The summed E-state index contributed by atoms with van der Waals surface area (Å²) in [4.78, 5) is 19.9. The third kappa shape index (κ3) is 3.19. The van der Waals surface area contributed by atoms with Gasteiger partial charge in [-0.15, -0.1) is 11.3 Å². The summed E-state index contributed by atoms with van der Waals surface area (Å²) in [7, 11) is 0. The normalized spacial score (nSPS) is 16.0. The number of carbonyl (C=O) groups excluding carboxylic acids is 1. The van der Waals surface area contributed by atoms with Crippen LogP contribution >= 0.6 is 11.3 Å². The van der Waals surface area contributed by atoms with Crippen LogP contribution in [0.25, 0.3) is 0 Å². The molecule has 0 aliphatic carbocycles. The van der Waals surface area contributed by atoms with Crippen molar-refractivity contribution >= 4 is 17.2 Å². The van der Waals surface area contributed by atoms with E-state index in [-0.39, 0.29) is 12.5 Å². The van der Waals surface area contributed by atoms with E-state index in [1.165, 1.54) is 11.3 Å². The van der Waals surface area contributed by atoms with Crippen LogP contribution in [-0.4, -0.2) is 45.2 Å². The highest BCUT2D eigenvalue weighted by Crippen LogP contribution is 2.29. The summed E-state index contributed by atoms with van der Waals surface area (Å²) in [5, 5.41) is 11.2. The molecule has 2 aromatic rings. The summed E-state index contributed by atoms with van der Waals surface area (Å²) in [6.45, 7) is 6.26. The number of nitrogens with zero attached hydrogens (tertiary/aromatic N) is 3. The van der Waals surface area contributed by atoms with Crippen LogP contribution in [0.2, 0.25) is 0 Å². The highest BCUT2D eigenvalue weighted by Gasteiger charge is 2.28. The molecule has 0 radical (unpaired) electrons. The van der Waals surface area contributed by atoms with Crippen LogP contribution in [0.3, 0.4) is 0 Å². The number of thiophene rings is 1. The van der Waals surface area contributed by atoms with E-state index in [0.29, 0.717) is 12.5 Å². The molecule has 0 spiro atoms. The van der Waals surface area contributed by atoms with Gasteiger partial charge in [-0.05, 0) is 43.7 Å². The number of aromatic nitrogens is 2. The minimum Gasteiger partial charge on any atom is -0.395 e. The number of aryl methyl sites for hydroxylation is 2. The fourth-order valence-corrected chi connectivity index (χ4v) is 4.16. The fourth-order valence-electron chi connectivity index (χ4n) is 3.27. The van der Waals surface area contributed by atoms with Gasteiger partial charge >= 0.3 is 0 Å². The van der Waals surface area contributed by atoms with E-state index in [0.717, 1.165) is 47.9 Å². The molecule has 124 valence electrons. The molecule has 6 heteroatoms. The molecule has 1 fully saturated rings. The van der Waals surface area contributed by atoms with Crippen molar-refractivity contribution in [2.45, 2.75) is 39.2 Å². The highest BCUT2D eigenvalue weighted by atomic mass is 32.1. The lowest BCUT2D eigenvalue weighted by molar-refractivity contribution is 0.0714. The van der Waals surface area contributed by atoms with E-state index in [4.69, 9.17) is 0 Å². The topological polar surface area (TPSA) is 58.4 Å². The lowest BCUT2D eigenvalue weighted by Crippen LogP contribution is -2.38. The van der Waals surface area contributed by atoms with E-state index < -0.39 is 0 Å². The third-order valence-corrected chi connectivity index (χ3v) is 5.62. The molecule has 1 aliphatic rings. The number of carbonyl (C=O) groups is 1. The summed E-state index contributed by atoms with van der Waals surface area (Å²) in [5.74, 6) is 1.57. The van der Waals surface area contributed by atoms with Gasteiger partial charge in [-0.25, -0.2) is 4.98 Å². The van der Waals surface area contributed by atoms with Gasteiger partial charge in [0.1, 0.15) is 5.82 Å². The fraction of sp³-hybridized carbons (Fsp3) is 0.529. The van der Waals surface area contributed by atoms with Gasteiger partial charge in [0.15, 0.2) is 0 Å². The molecular formula is C17H23N3O2S. The van der Waals surface area contributed by atoms with Crippen LogP contribution in [0.5, 0.6) is 0 Å². The van der Waals surface area contributed by atoms with Crippen LogP contribution < -0.4 is 0 Å². The number of rotatable bonds is 4. The smallest absolute Gasteiger partial charge is 0.264 e. The van der Waals surface area contributed by atoms with Gasteiger partial charge in [-0.3, -0.25) is 4.79 Å². The Kier molecular flexibility index (Phi) is 4.82. The van der Waals surface area contributed by atoms with Crippen LogP contribution in [-0.2, 0) is 6.54 Å². The second-order valence-electron chi connectivity index (χ2n) is 6.13. The SMILES string of the molecule is Cc1ccsc1C(=O)N1CCC(c2ncc(C)n2CCO)CC1. The minimum atomic E-state index is 0.124. The highest BCUT2D eigenvalue weighted by molar-refractivity contribution is 7.12. The summed E-state index contributed by atoms with van der Waals surface area (Å²) in [6, 6.07) is 2.00. The van der Waals surface area contributed by atoms with Gasteiger partial charge in [0.05, 0.1) is 11.5 Å². The number of likely N-dealkylation sites (tertiary alicyclic amines) is 1. The second-order valence-corrected chi connectivity index (χ2v) is 7.05. The lowest BCUT2D eigenvalue weighted by Gasteiger charge is -2.32. The van der Waals surface area contributed by atoms with Crippen LogP contribution in [0.15, 0.2) is 17.6 Å². The van der Waals surface area contributed by atoms with Gasteiger partial charge < -0.3 is 14.6 Å². The van der Waals surface area contributed by atoms with Crippen molar-refractivity contribution in [1.29, 1.82) is 0 Å². The zero-order chi connectivity index (χ0) is 16.4. The third-order valence-electron chi connectivity index (χ3n) is 4.61. The minimum absolute atomic E-state index is 0.124. The van der Waals surface area contributed by atoms with Crippen molar-refractivity contribution in [3.63, 3.8) is 0 Å². The number of aliphatic hydroxyl groups is 1. The summed E-state index contributed by atoms with van der Waals surface area (Å²) < 4.78 is 2.10. The zero-order valence-corrected chi connectivity index (χ0v) is 14.5. The number of hydrogen-bond donors (Lipinski definition) is 1. The van der Waals surface area contributed by atoms with E-state index >= 15 is 0 Å². The Morgan fingerprint density at radius 1 is 1.39 bits per heavy atom. The molecule has 0 bridgehead atoms. The average Bonchev–Trinajstić information content (AvgIpc) is 3.14. The van der Waals surface area contributed by atoms with Gasteiger partial charge in [0.25, 0.3) is 5.91 Å². The van der Waals surface area contributed by atoms with Gasteiger partial charge in [-0.1, -0.05) is 0 Å². The molecule has 3 rings (SSSR count). The molecule has 5 nitrogen and oxygen atoms in total. The second kappa shape index (κ2) is 6.84. The molecule has 0 atom stereocenters. The average molecular weight is 333 g/mol. The van der Waals surface area contributed by atoms with Gasteiger partial charge in [0.2, 0.25) is 0 Å². The maximum Gasteiger partial charge on any atom is 0.264 e. The van der Waals surface area contributed by atoms with Crippen molar-refractivity contribution in [2.24, 2.45) is 0 Å². The maximum atomic E-state index is 12.6. The molecule has 3 heterocycles. The van der Waals surface area contributed by atoms with Crippen molar-refractivity contribution in [2.75, 3.05) is 19.7 Å². The molecule has 0 saturated carbocycles. The standard InChI is InChI=1S/C17H23N3O2S/c1-12-5-10-23-15(12)17(22)19-6-3-14(4-7-19)16-18-11-13(2)20(16)8-9-21/h5,10-11,14,21H,3-4,6-9H2,1-2H3. The maximum absolute atomic E-state index is 12.6. The molecule has 1 saturated heterocycles. The number of hydrogen-bond acceptors (Lipinski definition) is 4. The molecule has 1 amide bonds. The predicted octanol–water partition coefficient (Wildman–Crippen LogP) is 2.57. The number of amides is 1. The first kappa shape index (κ1) is 16.2. The molecule has 1 aliphatic heterocycles. The quantitative estimate of drug-likeness (QED) is 0.935. The number of piperidine rings is 1. The monoisotopic (exact) mass is 333 g/mol. The van der Waals surface area contributed by atoms with Crippen LogP contribution in [0.4, 0.5) is 0 Å². The first-order valence-corrected chi connectivity index (χ1v) is 8.96. The van der Waals surface area contributed by atoms with E-state index in [1.807, 2.05) is 36.4 Å². The van der Waals surface area contributed by atoms with Crippen molar-refractivity contribution in [3.05, 3.63) is 39.6 Å². The Labute approximate surface area is 140 Å². The van der Waals surface area contributed by atoms with Crippen molar-refractivity contribution in [1.82, 2.24) is 14.5 Å². The number of imidazole rings is 1. The Hall–Kier alpha value is -1.66. The Morgan fingerprint density at radius 3 is 2.74 bits per heavy atom. The first-order chi connectivity index (χ1) is 11.1. The summed E-state index contributed by atoms with van der Waals surface area (Å²) in [6.07, 6.45) is 3.73. The summed E-state index contributed by atoms with van der Waals surface area (Å²) in [5.41, 5.74) is 2.15. The van der Waals surface area contributed by atoms with Gasteiger partial charge in [0, 0.05) is 37.4 Å². The molecule has 23 heavy (non-hydrogen) atoms. The number of aliphatic hydroxyl groups excluding tert-OH is 1. The zero-order valence-electron chi connectivity index (χ0n) is 13.7. The molecular weight excluding hydrogens is 310 g/mol. The molecule has 0 aromatic carbocycles. The summed E-state index contributed by atoms with van der Waals surface area (Å²) >= 11 is 1.53. The van der Waals surface area contributed by atoms with Crippen LogP contribution in [0, 0.1) is 13.8 Å². The molecule has 1 N–H and O–H groups in total. The van der Waals surface area contributed by atoms with Gasteiger partial charge in [-0.2, -0.15) is 0 Å². The Balaban J connectivity index is 1.67. The van der Waals surface area contributed by atoms with Crippen molar-refractivity contribution in [3.8, 4) is 0 Å². The first-order valence-electron chi connectivity index (χ1n) is 8.08. The molecule has 0 unspecified atom stereocenters. The molecule has 2 aromatic heterocycles. The van der Waals surface area contributed by atoms with E-state index in [1.54, 1.807) is 0 Å². The largest absolute Gasteiger partial charge is 0.395 e. The predicted molar refractivity (Wildman–Crippen MR) is 91.0 cm³/mol. The van der Waals surface area contributed by atoms with Crippen LogP contribution in [0.1, 0.15) is 45.5 Å². The van der Waals surface area contributed by atoms with E-state index in [9.17, 15) is 9.90 Å². The Bertz CT molecular complexity index is 684. The Morgan fingerprint density at radius 2 is 2.13 bits per heavy atom. The van der Waals surface area contributed by atoms with E-state index in [2.05, 4.69) is 9.55 Å². The van der Waals surface area contributed by atoms with Crippen molar-refractivity contribution < 1.29 is 9.90 Å². The lowest BCUT2D eigenvalue weighted by atomic mass is 9.95.